The Kier molecular flexibility index (Phi) is 3.71. The van der Waals surface area contributed by atoms with Crippen LogP contribution in [0.3, 0.4) is 0 Å². The van der Waals surface area contributed by atoms with Crippen molar-refractivity contribution < 1.29 is 13.3 Å². The molecule has 1 saturated heterocycles. The number of para-hydroxylation sites is 1. The first-order valence-electron chi connectivity index (χ1n) is 7.15. The third kappa shape index (κ3) is 3.24. The molecule has 7 heteroatoms. The molecule has 1 aromatic rings. The first-order chi connectivity index (χ1) is 9.96. The van der Waals surface area contributed by atoms with E-state index in [2.05, 4.69) is 4.90 Å². The van der Waals surface area contributed by atoms with Crippen molar-refractivity contribution >= 4 is 15.5 Å². The minimum atomic E-state index is -2.94. The minimum Gasteiger partial charge on any atom is -0.292 e. The molecule has 0 N–H and O–H groups in total. The third-order valence-electron chi connectivity index (χ3n) is 4.23. The van der Waals surface area contributed by atoms with Crippen LogP contribution < -0.4 is 0 Å². The zero-order valence-electron chi connectivity index (χ0n) is 11.6. The van der Waals surface area contributed by atoms with E-state index in [1.807, 2.05) is 0 Å². The van der Waals surface area contributed by atoms with Crippen LogP contribution in [0.2, 0.25) is 0 Å². The van der Waals surface area contributed by atoms with E-state index in [1.165, 1.54) is 6.07 Å². The molecule has 21 heavy (non-hydrogen) atoms. The molecule has 0 spiro atoms. The molecule has 6 nitrogen and oxygen atoms in total. The number of nitro groups is 1. The summed E-state index contributed by atoms with van der Waals surface area (Å²) in [5, 5.41) is 11.1. The van der Waals surface area contributed by atoms with Gasteiger partial charge in [0.1, 0.15) is 0 Å². The number of hydrogen-bond donors (Lipinski definition) is 0. The number of hydrogen-bond acceptors (Lipinski definition) is 5. The molecule has 1 atom stereocenters. The molecular formula is C14H18N2O4S. The molecule has 2 fully saturated rings. The summed E-state index contributed by atoms with van der Waals surface area (Å²) in [5.41, 5.74) is 0.780. The summed E-state index contributed by atoms with van der Waals surface area (Å²) in [6, 6.07) is 7.09. The summed E-state index contributed by atoms with van der Waals surface area (Å²) in [5.74, 6) is 0.419. The normalized spacial score (nSPS) is 24.3. The molecule has 2 aliphatic rings. The van der Waals surface area contributed by atoms with E-state index < -0.39 is 9.84 Å². The van der Waals surface area contributed by atoms with E-state index in [0.29, 0.717) is 24.6 Å². The maximum Gasteiger partial charge on any atom is 0.273 e. The van der Waals surface area contributed by atoms with Crippen LogP contribution in [0.1, 0.15) is 24.8 Å². The first-order valence-corrected chi connectivity index (χ1v) is 8.97. The van der Waals surface area contributed by atoms with Gasteiger partial charge in [0.15, 0.2) is 9.84 Å². The predicted molar refractivity (Wildman–Crippen MR) is 78.7 cm³/mol. The fourth-order valence-corrected chi connectivity index (χ4v) is 4.76. The molecule has 0 aromatic heterocycles. The Morgan fingerprint density at radius 2 is 1.90 bits per heavy atom. The summed E-state index contributed by atoms with van der Waals surface area (Å²) in [6.07, 6.45) is 2.74. The van der Waals surface area contributed by atoms with Crippen molar-refractivity contribution in [3.63, 3.8) is 0 Å². The lowest BCUT2D eigenvalue weighted by Crippen LogP contribution is -2.37. The molecule has 1 heterocycles. The van der Waals surface area contributed by atoms with Gasteiger partial charge in [0.2, 0.25) is 0 Å². The number of sulfone groups is 1. The molecule has 1 saturated carbocycles. The molecular weight excluding hydrogens is 292 g/mol. The van der Waals surface area contributed by atoms with Gasteiger partial charge in [-0.05, 0) is 19.3 Å². The quantitative estimate of drug-likeness (QED) is 0.611. The lowest BCUT2D eigenvalue weighted by molar-refractivity contribution is -0.385. The highest BCUT2D eigenvalue weighted by molar-refractivity contribution is 7.91. The van der Waals surface area contributed by atoms with Crippen LogP contribution in [-0.2, 0) is 16.4 Å². The molecule has 1 aliphatic carbocycles. The number of nitrogens with zero attached hydrogens (tertiary/aromatic N) is 2. The van der Waals surface area contributed by atoms with E-state index in [4.69, 9.17) is 0 Å². The topological polar surface area (TPSA) is 80.5 Å². The Balaban J connectivity index is 1.82. The van der Waals surface area contributed by atoms with E-state index in [9.17, 15) is 18.5 Å². The van der Waals surface area contributed by atoms with Gasteiger partial charge in [-0.15, -0.1) is 0 Å². The maximum atomic E-state index is 11.7. The van der Waals surface area contributed by atoms with Gasteiger partial charge in [-0.1, -0.05) is 18.2 Å². The number of nitro benzene ring substituents is 1. The smallest absolute Gasteiger partial charge is 0.273 e. The Morgan fingerprint density at radius 3 is 2.48 bits per heavy atom. The SMILES string of the molecule is O=[N+]([O-])c1ccccc1CN(C1CC1)C1CCS(=O)(=O)C1. The summed E-state index contributed by atoms with van der Waals surface area (Å²) in [4.78, 5) is 12.9. The predicted octanol–water partition coefficient (Wildman–Crippen LogP) is 1.75. The van der Waals surface area contributed by atoms with Crippen LogP contribution in [-0.4, -0.2) is 41.8 Å². The largest absolute Gasteiger partial charge is 0.292 e. The Hall–Kier alpha value is -1.47. The van der Waals surface area contributed by atoms with Gasteiger partial charge < -0.3 is 0 Å². The van der Waals surface area contributed by atoms with Crippen molar-refractivity contribution in [2.45, 2.75) is 37.9 Å². The molecule has 3 rings (SSSR count). The summed E-state index contributed by atoms with van der Waals surface area (Å²) >= 11 is 0. The van der Waals surface area contributed by atoms with Gasteiger partial charge in [-0.3, -0.25) is 15.0 Å². The number of benzene rings is 1. The minimum absolute atomic E-state index is 0.00214. The highest BCUT2D eigenvalue weighted by Gasteiger charge is 2.40. The second-order valence-corrected chi connectivity index (χ2v) is 8.07. The van der Waals surface area contributed by atoms with Gasteiger partial charge in [0, 0.05) is 30.3 Å². The Morgan fingerprint density at radius 1 is 1.19 bits per heavy atom. The van der Waals surface area contributed by atoms with Gasteiger partial charge in [-0.25, -0.2) is 8.42 Å². The van der Waals surface area contributed by atoms with E-state index >= 15 is 0 Å². The van der Waals surface area contributed by atoms with Crippen molar-refractivity contribution in [1.82, 2.24) is 4.90 Å². The third-order valence-corrected chi connectivity index (χ3v) is 5.98. The lowest BCUT2D eigenvalue weighted by Gasteiger charge is -2.27. The van der Waals surface area contributed by atoms with Crippen LogP contribution in [0.4, 0.5) is 5.69 Å². The van der Waals surface area contributed by atoms with E-state index in [1.54, 1.807) is 18.2 Å². The molecule has 0 radical (unpaired) electrons. The molecule has 0 amide bonds. The summed E-state index contributed by atoms with van der Waals surface area (Å²) in [7, 11) is -2.94. The average Bonchev–Trinajstić information content (AvgIpc) is 3.20. The van der Waals surface area contributed by atoms with Crippen LogP contribution >= 0.6 is 0 Å². The Bertz CT molecular complexity index is 655. The van der Waals surface area contributed by atoms with Crippen LogP contribution in [0.5, 0.6) is 0 Å². The van der Waals surface area contributed by atoms with Crippen molar-refractivity contribution in [3.05, 3.63) is 39.9 Å². The highest BCUT2D eigenvalue weighted by atomic mass is 32.2. The monoisotopic (exact) mass is 310 g/mol. The second-order valence-electron chi connectivity index (χ2n) is 5.85. The number of rotatable bonds is 5. The van der Waals surface area contributed by atoms with Crippen LogP contribution in [0.25, 0.3) is 0 Å². The Labute approximate surface area is 123 Å². The van der Waals surface area contributed by atoms with Gasteiger partial charge >= 0.3 is 0 Å². The van der Waals surface area contributed by atoms with Gasteiger partial charge in [0.25, 0.3) is 5.69 Å². The van der Waals surface area contributed by atoms with E-state index in [-0.39, 0.29) is 28.2 Å². The van der Waals surface area contributed by atoms with Crippen molar-refractivity contribution in [3.8, 4) is 0 Å². The van der Waals surface area contributed by atoms with Gasteiger partial charge in [0.05, 0.1) is 16.4 Å². The van der Waals surface area contributed by atoms with Crippen LogP contribution in [0.15, 0.2) is 24.3 Å². The summed E-state index contributed by atoms with van der Waals surface area (Å²) < 4.78 is 23.4. The first kappa shape index (κ1) is 14.5. The zero-order valence-corrected chi connectivity index (χ0v) is 12.5. The average molecular weight is 310 g/mol. The standard InChI is InChI=1S/C14H18N2O4S/c17-16(18)14-4-2-1-3-11(14)9-15(12-5-6-12)13-7-8-21(19,20)10-13/h1-4,12-13H,5-10H2. The second kappa shape index (κ2) is 5.38. The molecule has 1 aromatic carbocycles. The van der Waals surface area contributed by atoms with Crippen molar-refractivity contribution in [1.29, 1.82) is 0 Å². The fourth-order valence-electron chi connectivity index (χ4n) is 3.02. The molecule has 1 unspecified atom stereocenters. The zero-order chi connectivity index (χ0) is 15.0. The summed E-state index contributed by atoms with van der Waals surface area (Å²) in [6.45, 7) is 0.460. The molecule has 0 bridgehead atoms. The fraction of sp³-hybridized carbons (Fsp3) is 0.571. The van der Waals surface area contributed by atoms with Gasteiger partial charge in [-0.2, -0.15) is 0 Å². The highest BCUT2D eigenvalue weighted by Crippen LogP contribution is 2.34. The van der Waals surface area contributed by atoms with E-state index in [0.717, 1.165) is 12.8 Å². The van der Waals surface area contributed by atoms with Crippen molar-refractivity contribution in [2.24, 2.45) is 0 Å². The lowest BCUT2D eigenvalue weighted by atomic mass is 10.1. The van der Waals surface area contributed by atoms with Crippen LogP contribution in [0, 0.1) is 10.1 Å². The van der Waals surface area contributed by atoms with Crippen molar-refractivity contribution in [2.75, 3.05) is 11.5 Å². The molecule has 114 valence electrons. The maximum absolute atomic E-state index is 11.7. The molecule has 1 aliphatic heterocycles.